The van der Waals surface area contributed by atoms with Crippen LogP contribution >= 0.6 is 0 Å². The minimum absolute atomic E-state index is 0.0909. The first-order valence-corrected chi connectivity index (χ1v) is 21.3. The Labute approximate surface area is 338 Å². The number of carbonyl (C=O) groups is 1. The number of aromatic nitrogens is 1. The molecule has 3 fully saturated rings. The molecule has 3 aliphatic heterocycles. The van der Waals surface area contributed by atoms with Crippen LogP contribution in [0, 0.1) is 11.3 Å². The van der Waals surface area contributed by atoms with Gasteiger partial charge in [0.1, 0.15) is 0 Å². The van der Waals surface area contributed by atoms with Crippen molar-refractivity contribution in [2.24, 2.45) is 0 Å². The number of nitrogens with zero attached hydrogens (tertiary/aromatic N) is 6. The van der Waals surface area contributed by atoms with E-state index >= 15 is 0 Å². The highest BCUT2D eigenvalue weighted by molar-refractivity contribution is 6.20. The monoisotopic (exact) mass is 759 g/mol. The van der Waals surface area contributed by atoms with E-state index in [1.54, 1.807) is 0 Å². The first-order valence-electron chi connectivity index (χ1n) is 21.3. The number of anilines is 1. The summed E-state index contributed by atoms with van der Waals surface area (Å²) in [5, 5.41) is 10.4. The van der Waals surface area contributed by atoms with Gasteiger partial charge in [0.15, 0.2) is 5.78 Å². The van der Waals surface area contributed by atoms with Gasteiger partial charge >= 0.3 is 0 Å². The summed E-state index contributed by atoms with van der Waals surface area (Å²) in [4.78, 5) is 31.0. The maximum atomic E-state index is 14.1. The van der Waals surface area contributed by atoms with E-state index < -0.39 is 0 Å². The average Bonchev–Trinajstić information content (AvgIpc) is 3.65. The van der Waals surface area contributed by atoms with E-state index in [-0.39, 0.29) is 11.2 Å². The third kappa shape index (κ3) is 7.55. The van der Waals surface area contributed by atoms with Crippen LogP contribution in [0.15, 0.2) is 84.9 Å². The van der Waals surface area contributed by atoms with Crippen molar-refractivity contribution in [3.8, 4) is 6.07 Å². The molecule has 1 aromatic heterocycles. The quantitative estimate of drug-likeness (QED) is 0.168. The van der Waals surface area contributed by atoms with Crippen molar-refractivity contribution < 1.29 is 4.79 Å². The lowest BCUT2D eigenvalue weighted by molar-refractivity contribution is 0.0285. The predicted octanol–water partition coefficient (Wildman–Crippen LogP) is 7.42. The molecular weight excluding hydrogens is 703 g/mol. The molecule has 8 heteroatoms. The summed E-state index contributed by atoms with van der Waals surface area (Å²) < 4.78 is 0. The Bertz CT molecular complexity index is 2260. The fourth-order valence-corrected chi connectivity index (χ4v) is 10.1. The second-order valence-electron chi connectivity index (χ2n) is 17.5. The number of hydrogen-bond acceptors (Lipinski definition) is 7. The zero-order valence-electron chi connectivity index (χ0n) is 34.1. The minimum atomic E-state index is -0.368. The van der Waals surface area contributed by atoms with E-state index in [1.165, 1.54) is 40.8 Å². The van der Waals surface area contributed by atoms with Crippen LogP contribution in [0.2, 0.25) is 0 Å². The normalized spacial score (nSPS) is 19.8. The second-order valence-corrected chi connectivity index (χ2v) is 17.5. The Morgan fingerprint density at radius 3 is 2.09 bits per heavy atom. The van der Waals surface area contributed by atoms with E-state index in [0.29, 0.717) is 11.6 Å². The summed E-state index contributed by atoms with van der Waals surface area (Å²) in [5.74, 6) is 0.0909. The number of H-pyrrole nitrogens is 1. The van der Waals surface area contributed by atoms with Crippen molar-refractivity contribution >= 4 is 22.4 Å². The molecule has 4 aromatic carbocycles. The highest BCUT2D eigenvalue weighted by Gasteiger charge is 2.41. The number of piperazine rings is 2. The number of aromatic amines is 1. The minimum Gasteiger partial charge on any atom is -0.371 e. The first-order chi connectivity index (χ1) is 27.8. The molecule has 5 aromatic rings. The third-order valence-electron chi connectivity index (χ3n) is 13.6. The van der Waals surface area contributed by atoms with Crippen LogP contribution in [0.4, 0.5) is 5.69 Å². The Hall–Kier alpha value is -4.78. The number of nitriles is 1. The summed E-state index contributed by atoms with van der Waals surface area (Å²) in [6, 6.07) is 33.0. The van der Waals surface area contributed by atoms with Gasteiger partial charge in [-0.3, -0.25) is 24.4 Å². The molecule has 0 atom stereocenters. The summed E-state index contributed by atoms with van der Waals surface area (Å²) in [6.45, 7) is 20.1. The lowest BCUT2D eigenvalue weighted by Crippen LogP contribution is -2.56. The third-order valence-corrected chi connectivity index (χ3v) is 13.6. The van der Waals surface area contributed by atoms with Gasteiger partial charge in [-0.25, -0.2) is 0 Å². The molecule has 8 nitrogen and oxygen atoms in total. The Balaban J connectivity index is 0.756. The molecule has 0 amide bonds. The van der Waals surface area contributed by atoms with Crippen molar-refractivity contribution in [2.45, 2.75) is 64.5 Å². The molecule has 1 aliphatic carbocycles. The van der Waals surface area contributed by atoms with Crippen LogP contribution in [-0.2, 0) is 24.8 Å². The van der Waals surface area contributed by atoms with E-state index in [0.717, 1.165) is 125 Å². The smallest absolute Gasteiger partial charge is 0.195 e. The zero-order valence-corrected chi connectivity index (χ0v) is 34.1. The van der Waals surface area contributed by atoms with Gasteiger partial charge in [-0.1, -0.05) is 81.4 Å². The molecule has 0 saturated carbocycles. The average molecular weight is 760 g/mol. The van der Waals surface area contributed by atoms with Gasteiger partial charge in [0.05, 0.1) is 23.9 Å². The Morgan fingerprint density at radius 1 is 0.754 bits per heavy atom. The van der Waals surface area contributed by atoms with Crippen molar-refractivity contribution in [3.05, 3.63) is 135 Å². The van der Waals surface area contributed by atoms with Gasteiger partial charge in [0.2, 0.25) is 0 Å². The second kappa shape index (κ2) is 15.9. The van der Waals surface area contributed by atoms with Crippen LogP contribution in [0.5, 0.6) is 0 Å². The van der Waals surface area contributed by atoms with Crippen LogP contribution < -0.4 is 4.90 Å². The summed E-state index contributed by atoms with van der Waals surface area (Å²) in [5.41, 5.74) is 11.4. The number of fused-ring (bicyclic) bond motifs is 4. The molecule has 0 bridgehead atoms. The SMILES string of the molecule is CCc1cc2c(cc1N1CCC(N3CCN(CN4CCN(Cc5ccc(Cc6ccccc6)cc5)CC4)CC3)CC1)C(C)(C)c1[nH]c3cc(C#N)ccc3c1C2=O. The number of piperidine rings is 1. The van der Waals surface area contributed by atoms with Crippen molar-refractivity contribution in [1.82, 2.24) is 24.6 Å². The topological polar surface area (TPSA) is 72.8 Å². The van der Waals surface area contributed by atoms with E-state index in [1.807, 2.05) is 18.2 Å². The standard InChI is InChI=1S/C49H57N7O/c1-4-39-30-42-43(49(2,3)48-46(47(42)57)41-15-14-38(32-50)29-44(41)51-48)31-45(39)56-18-16-40(17-19-56)55-26-24-54(25-27-55)34-53-22-20-52(21-23-53)33-37-12-10-36(11-13-37)28-35-8-6-5-7-9-35/h5-15,29-31,40,51H,4,16-28,33-34H2,1-3H3. The summed E-state index contributed by atoms with van der Waals surface area (Å²) >= 11 is 0. The molecule has 1 N–H and O–H groups in total. The van der Waals surface area contributed by atoms with Gasteiger partial charge in [-0.2, -0.15) is 5.26 Å². The summed E-state index contributed by atoms with van der Waals surface area (Å²) in [7, 11) is 0. The molecule has 3 saturated heterocycles. The molecule has 0 radical (unpaired) electrons. The first kappa shape index (κ1) is 37.8. The number of benzene rings is 4. The lowest BCUT2D eigenvalue weighted by atomic mass is 9.70. The molecule has 9 rings (SSSR count). The largest absolute Gasteiger partial charge is 0.371 e. The number of aryl methyl sites for hydroxylation is 1. The zero-order chi connectivity index (χ0) is 39.1. The van der Waals surface area contributed by atoms with E-state index in [4.69, 9.17) is 0 Å². The van der Waals surface area contributed by atoms with Crippen LogP contribution in [0.1, 0.15) is 88.6 Å². The Kier molecular flexibility index (Phi) is 10.5. The van der Waals surface area contributed by atoms with E-state index in [9.17, 15) is 10.1 Å². The fourth-order valence-electron chi connectivity index (χ4n) is 10.1. The van der Waals surface area contributed by atoms with Gasteiger partial charge in [-0.15, -0.1) is 0 Å². The number of carbonyl (C=O) groups excluding carboxylic acids is 1. The van der Waals surface area contributed by atoms with Crippen molar-refractivity contribution in [1.29, 1.82) is 5.26 Å². The van der Waals surface area contributed by atoms with Crippen molar-refractivity contribution in [3.63, 3.8) is 0 Å². The van der Waals surface area contributed by atoms with Gasteiger partial charge in [0, 0.05) is 111 Å². The molecule has 4 aliphatic rings. The highest BCUT2D eigenvalue weighted by atomic mass is 16.1. The Morgan fingerprint density at radius 2 is 1.40 bits per heavy atom. The van der Waals surface area contributed by atoms with Crippen LogP contribution in [0.25, 0.3) is 10.9 Å². The maximum absolute atomic E-state index is 14.1. The van der Waals surface area contributed by atoms with Gasteiger partial charge in [-0.05, 0) is 77.8 Å². The molecule has 0 spiro atoms. The molecule has 0 unspecified atom stereocenters. The number of hydrogen-bond donors (Lipinski definition) is 1. The summed E-state index contributed by atoms with van der Waals surface area (Å²) in [6.07, 6.45) is 4.24. The molecule has 294 valence electrons. The molecular formula is C49H57N7O. The molecule has 4 heterocycles. The predicted molar refractivity (Wildman–Crippen MR) is 230 cm³/mol. The van der Waals surface area contributed by atoms with Gasteiger partial charge in [0.25, 0.3) is 0 Å². The number of rotatable bonds is 9. The van der Waals surface area contributed by atoms with Crippen molar-refractivity contribution in [2.75, 3.05) is 77.0 Å². The van der Waals surface area contributed by atoms with E-state index in [2.05, 4.69) is 123 Å². The highest BCUT2D eigenvalue weighted by Crippen LogP contribution is 2.46. The van der Waals surface area contributed by atoms with Crippen LogP contribution in [-0.4, -0.2) is 109 Å². The molecule has 57 heavy (non-hydrogen) atoms. The maximum Gasteiger partial charge on any atom is 0.195 e. The number of ketones is 1. The van der Waals surface area contributed by atoms with Crippen LogP contribution in [0.3, 0.4) is 0 Å². The lowest BCUT2D eigenvalue weighted by Gasteiger charge is -2.45. The van der Waals surface area contributed by atoms with Gasteiger partial charge < -0.3 is 9.88 Å². The number of nitrogens with one attached hydrogen (secondary N) is 1. The fraction of sp³-hybridized carbons (Fsp3) is 0.429.